The highest BCUT2D eigenvalue weighted by Gasteiger charge is 2.03. The largest absolute Gasteiger partial charge is 0.420 e. The molecule has 4 heteroatoms. The molecule has 1 rings (SSSR count). The van der Waals surface area contributed by atoms with Gasteiger partial charge < -0.3 is 4.74 Å². The first-order valence-electron chi connectivity index (χ1n) is 3.33. The van der Waals surface area contributed by atoms with Gasteiger partial charge in [-0.3, -0.25) is 0 Å². The standard InChI is InChI=1S/C9H7FO2.ClH/c1-2-9(11)12-8-6-4-3-5-7(8)10;/h2-6H,1H2;1H. The second kappa shape index (κ2) is 5.32. The molecule has 0 aliphatic rings. The summed E-state index contributed by atoms with van der Waals surface area (Å²) in [4.78, 5) is 10.6. The Morgan fingerprint density at radius 2 is 2.08 bits per heavy atom. The van der Waals surface area contributed by atoms with Crippen LogP contribution >= 0.6 is 12.4 Å². The van der Waals surface area contributed by atoms with Crippen molar-refractivity contribution in [1.29, 1.82) is 0 Å². The minimum absolute atomic E-state index is 0. The molecule has 0 aromatic heterocycles. The van der Waals surface area contributed by atoms with Crippen LogP contribution in [0, 0.1) is 5.82 Å². The van der Waals surface area contributed by atoms with Crippen molar-refractivity contribution in [3.63, 3.8) is 0 Å². The summed E-state index contributed by atoms with van der Waals surface area (Å²) in [6, 6.07) is 5.68. The van der Waals surface area contributed by atoms with E-state index in [1.807, 2.05) is 0 Å². The summed E-state index contributed by atoms with van der Waals surface area (Å²) >= 11 is 0. The maximum atomic E-state index is 12.8. The molecule has 1 aromatic carbocycles. The first-order valence-corrected chi connectivity index (χ1v) is 3.33. The number of ether oxygens (including phenoxy) is 1. The van der Waals surface area contributed by atoms with E-state index in [1.165, 1.54) is 18.2 Å². The van der Waals surface area contributed by atoms with Gasteiger partial charge in [0.15, 0.2) is 11.6 Å². The molecule has 0 bridgehead atoms. The minimum Gasteiger partial charge on any atom is -0.420 e. The van der Waals surface area contributed by atoms with E-state index in [-0.39, 0.29) is 18.2 Å². The predicted octanol–water partition coefficient (Wildman–Crippen LogP) is 2.34. The molecule has 13 heavy (non-hydrogen) atoms. The normalized spacial score (nSPS) is 8.38. The lowest BCUT2D eigenvalue weighted by atomic mass is 10.3. The van der Waals surface area contributed by atoms with Gasteiger partial charge in [0, 0.05) is 6.08 Å². The molecule has 0 spiro atoms. The van der Waals surface area contributed by atoms with Gasteiger partial charge in [-0.25, -0.2) is 9.18 Å². The highest BCUT2D eigenvalue weighted by molar-refractivity contribution is 5.85. The van der Waals surface area contributed by atoms with E-state index in [4.69, 9.17) is 0 Å². The Bertz CT molecular complexity index is 312. The highest BCUT2D eigenvalue weighted by atomic mass is 35.5. The Morgan fingerprint density at radius 1 is 1.46 bits per heavy atom. The zero-order valence-electron chi connectivity index (χ0n) is 6.70. The minimum atomic E-state index is -0.667. The Morgan fingerprint density at radius 3 is 2.62 bits per heavy atom. The summed E-state index contributed by atoms with van der Waals surface area (Å²) in [5.41, 5.74) is 0. The molecule has 0 heterocycles. The zero-order chi connectivity index (χ0) is 8.97. The van der Waals surface area contributed by atoms with Crippen LogP contribution in [0.5, 0.6) is 5.75 Å². The average molecular weight is 203 g/mol. The lowest BCUT2D eigenvalue weighted by Gasteiger charge is -2.00. The van der Waals surface area contributed by atoms with Crippen LogP contribution in [-0.4, -0.2) is 5.97 Å². The molecule has 0 atom stereocenters. The van der Waals surface area contributed by atoms with Crippen molar-refractivity contribution in [2.45, 2.75) is 0 Å². The Balaban J connectivity index is 0.00000144. The predicted molar refractivity (Wildman–Crippen MR) is 49.5 cm³/mol. The molecule has 0 saturated carbocycles. The third-order valence-electron chi connectivity index (χ3n) is 1.21. The fraction of sp³-hybridized carbons (Fsp3) is 0. The molecule has 0 fully saturated rings. The number of benzene rings is 1. The zero-order valence-corrected chi connectivity index (χ0v) is 7.51. The number of carbonyl (C=O) groups is 1. The fourth-order valence-corrected chi connectivity index (χ4v) is 0.678. The molecule has 0 aliphatic carbocycles. The van der Waals surface area contributed by atoms with E-state index in [2.05, 4.69) is 11.3 Å². The second-order valence-corrected chi connectivity index (χ2v) is 2.06. The quantitative estimate of drug-likeness (QED) is 0.418. The third-order valence-corrected chi connectivity index (χ3v) is 1.21. The topological polar surface area (TPSA) is 26.3 Å². The summed E-state index contributed by atoms with van der Waals surface area (Å²) in [6.45, 7) is 3.19. The van der Waals surface area contributed by atoms with Gasteiger partial charge in [-0.05, 0) is 12.1 Å². The van der Waals surface area contributed by atoms with Crippen molar-refractivity contribution >= 4 is 18.4 Å². The van der Waals surface area contributed by atoms with Crippen LogP contribution in [0.3, 0.4) is 0 Å². The van der Waals surface area contributed by atoms with E-state index in [0.717, 1.165) is 6.08 Å². The number of hydrogen-bond acceptors (Lipinski definition) is 2. The van der Waals surface area contributed by atoms with Crippen LogP contribution in [0.15, 0.2) is 36.9 Å². The second-order valence-electron chi connectivity index (χ2n) is 2.06. The molecule has 1 aromatic rings. The van der Waals surface area contributed by atoms with Crippen LogP contribution in [-0.2, 0) is 4.79 Å². The SMILES string of the molecule is C=CC(=O)Oc1ccccc1F.Cl. The van der Waals surface area contributed by atoms with Crippen molar-refractivity contribution in [1.82, 2.24) is 0 Å². The summed E-state index contributed by atoms with van der Waals surface area (Å²) in [6.07, 6.45) is 0.979. The van der Waals surface area contributed by atoms with E-state index >= 15 is 0 Å². The molecule has 0 amide bonds. The molecule has 70 valence electrons. The van der Waals surface area contributed by atoms with Gasteiger partial charge in [-0.1, -0.05) is 18.7 Å². The molecule has 2 nitrogen and oxygen atoms in total. The number of esters is 1. The molecule has 0 N–H and O–H groups in total. The van der Waals surface area contributed by atoms with Gasteiger partial charge in [-0.2, -0.15) is 0 Å². The Kier molecular flexibility index (Phi) is 4.77. The Hall–Kier alpha value is -1.35. The van der Waals surface area contributed by atoms with E-state index in [9.17, 15) is 9.18 Å². The van der Waals surface area contributed by atoms with Crippen molar-refractivity contribution < 1.29 is 13.9 Å². The molecular weight excluding hydrogens is 195 g/mol. The monoisotopic (exact) mass is 202 g/mol. The van der Waals surface area contributed by atoms with Gasteiger partial charge in [0.2, 0.25) is 0 Å². The van der Waals surface area contributed by atoms with Crippen LogP contribution in [0.4, 0.5) is 4.39 Å². The van der Waals surface area contributed by atoms with Crippen LogP contribution < -0.4 is 4.74 Å². The van der Waals surface area contributed by atoms with Crippen LogP contribution in [0.1, 0.15) is 0 Å². The number of halogens is 2. The number of carbonyl (C=O) groups excluding carboxylic acids is 1. The number of para-hydroxylation sites is 1. The molecule has 0 aliphatic heterocycles. The van der Waals surface area contributed by atoms with Crippen molar-refractivity contribution in [3.05, 3.63) is 42.7 Å². The summed E-state index contributed by atoms with van der Waals surface area (Å²) in [5, 5.41) is 0. The summed E-state index contributed by atoms with van der Waals surface area (Å²) < 4.78 is 17.3. The van der Waals surface area contributed by atoms with Gasteiger partial charge in [0.1, 0.15) is 0 Å². The number of hydrogen-bond donors (Lipinski definition) is 0. The summed E-state index contributed by atoms with van der Waals surface area (Å²) in [5.74, 6) is -1.31. The molecule has 0 saturated heterocycles. The fourth-order valence-electron chi connectivity index (χ4n) is 0.678. The van der Waals surface area contributed by atoms with Crippen molar-refractivity contribution in [2.24, 2.45) is 0 Å². The third kappa shape index (κ3) is 3.25. The van der Waals surface area contributed by atoms with Crippen LogP contribution in [0.25, 0.3) is 0 Å². The summed E-state index contributed by atoms with van der Waals surface area (Å²) in [7, 11) is 0. The van der Waals surface area contributed by atoms with Crippen molar-refractivity contribution in [3.8, 4) is 5.75 Å². The average Bonchev–Trinajstić information content (AvgIpc) is 2.09. The smallest absolute Gasteiger partial charge is 0.335 e. The lowest BCUT2D eigenvalue weighted by molar-refractivity contribution is -0.129. The molecule has 0 radical (unpaired) electrons. The van der Waals surface area contributed by atoms with E-state index in [0.29, 0.717) is 0 Å². The van der Waals surface area contributed by atoms with E-state index < -0.39 is 11.8 Å². The van der Waals surface area contributed by atoms with Gasteiger partial charge >= 0.3 is 5.97 Å². The van der Waals surface area contributed by atoms with Crippen molar-refractivity contribution in [2.75, 3.05) is 0 Å². The lowest BCUT2D eigenvalue weighted by Crippen LogP contribution is -2.04. The van der Waals surface area contributed by atoms with E-state index in [1.54, 1.807) is 6.07 Å². The Labute approximate surface area is 81.4 Å². The maximum absolute atomic E-state index is 12.8. The molecular formula is C9H8ClFO2. The van der Waals surface area contributed by atoms with Crippen LogP contribution in [0.2, 0.25) is 0 Å². The maximum Gasteiger partial charge on any atom is 0.335 e. The highest BCUT2D eigenvalue weighted by Crippen LogP contribution is 2.15. The van der Waals surface area contributed by atoms with Gasteiger partial charge in [0.05, 0.1) is 0 Å². The first-order chi connectivity index (χ1) is 5.74. The first kappa shape index (κ1) is 11.6. The van der Waals surface area contributed by atoms with Gasteiger partial charge in [0.25, 0.3) is 0 Å². The van der Waals surface area contributed by atoms with Gasteiger partial charge in [-0.15, -0.1) is 12.4 Å². The number of rotatable bonds is 2. The molecule has 0 unspecified atom stereocenters.